The molecule has 1 N–H and O–H groups in total. The van der Waals surface area contributed by atoms with E-state index in [-0.39, 0.29) is 6.10 Å². The van der Waals surface area contributed by atoms with Crippen LogP contribution in [-0.4, -0.2) is 11.2 Å². The molecule has 0 aromatic heterocycles. The highest BCUT2D eigenvalue weighted by molar-refractivity contribution is 5.52. The van der Waals surface area contributed by atoms with Crippen molar-refractivity contribution in [1.29, 1.82) is 0 Å². The number of benzene rings is 1. The van der Waals surface area contributed by atoms with Crippen LogP contribution in [0.4, 0.5) is 0 Å². The van der Waals surface area contributed by atoms with Crippen LogP contribution >= 0.6 is 0 Å². The molecule has 16 heavy (non-hydrogen) atoms. The fourth-order valence-corrected chi connectivity index (χ4v) is 2.66. The van der Waals surface area contributed by atoms with Crippen LogP contribution in [0.15, 0.2) is 24.8 Å². The fourth-order valence-electron chi connectivity index (χ4n) is 2.66. The molecule has 0 radical (unpaired) electrons. The van der Waals surface area contributed by atoms with Gasteiger partial charge in [-0.05, 0) is 36.5 Å². The van der Waals surface area contributed by atoms with Gasteiger partial charge in [-0.3, -0.25) is 0 Å². The van der Waals surface area contributed by atoms with E-state index in [4.69, 9.17) is 0 Å². The number of hydrogen-bond donors (Lipinski definition) is 1. The summed E-state index contributed by atoms with van der Waals surface area (Å²) in [6, 6.07) is 6.46. The second-order valence-electron chi connectivity index (χ2n) is 4.78. The van der Waals surface area contributed by atoms with Gasteiger partial charge < -0.3 is 5.11 Å². The van der Waals surface area contributed by atoms with Gasteiger partial charge in [0.1, 0.15) is 0 Å². The Morgan fingerprint density at radius 1 is 1.31 bits per heavy atom. The largest absolute Gasteiger partial charge is 0.392 e. The minimum atomic E-state index is -0.150. The molecule has 1 aromatic carbocycles. The maximum Gasteiger partial charge on any atom is 0.0608 e. The van der Waals surface area contributed by atoms with Crippen LogP contribution in [0.1, 0.15) is 48.3 Å². The van der Waals surface area contributed by atoms with E-state index < -0.39 is 0 Å². The fraction of sp³-hybridized carbons (Fsp3) is 0.467. The van der Waals surface area contributed by atoms with Crippen LogP contribution in [0.5, 0.6) is 0 Å². The molecule has 0 heterocycles. The molecule has 1 aromatic rings. The molecule has 2 rings (SSSR count). The smallest absolute Gasteiger partial charge is 0.0608 e. The van der Waals surface area contributed by atoms with Crippen LogP contribution in [0.2, 0.25) is 0 Å². The zero-order chi connectivity index (χ0) is 11.5. The number of rotatable bonds is 2. The Kier molecular flexibility index (Phi) is 3.45. The third-order valence-electron chi connectivity index (χ3n) is 3.67. The van der Waals surface area contributed by atoms with Gasteiger partial charge in [0.2, 0.25) is 0 Å². The molecule has 0 spiro atoms. The summed E-state index contributed by atoms with van der Waals surface area (Å²) in [7, 11) is 0. The average Bonchev–Trinajstić information content (AvgIpc) is 2.29. The lowest BCUT2D eigenvalue weighted by molar-refractivity contribution is 0.106. The first kappa shape index (κ1) is 11.4. The molecule has 1 saturated carbocycles. The number of aliphatic hydroxyl groups excluding tert-OH is 1. The molecule has 1 aliphatic rings. The Bertz CT molecular complexity index is 381. The van der Waals surface area contributed by atoms with E-state index in [1.165, 1.54) is 29.5 Å². The molecule has 2 atom stereocenters. The highest BCUT2D eigenvalue weighted by atomic mass is 16.3. The van der Waals surface area contributed by atoms with E-state index in [9.17, 15) is 5.11 Å². The summed E-state index contributed by atoms with van der Waals surface area (Å²) >= 11 is 0. The molecule has 1 fully saturated rings. The quantitative estimate of drug-likeness (QED) is 0.800. The van der Waals surface area contributed by atoms with Crippen molar-refractivity contribution in [2.24, 2.45) is 0 Å². The Hall–Kier alpha value is -1.08. The van der Waals surface area contributed by atoms with Crippen LogP contribution < -0.4 is 0 Å². The summed E-state index contributed by atoms with van der Waals surface area (Å²) in [4.78, 5) is 0. The summed E-state index contributed by atoms with van der Waals surface area (Å²) in [5.41, 5.74) is 3.73. The molecular formula is C15H20O. The molecular weight excluding hydrogens is 196 g/mol. The maximum atomic E-state index is 10.0. The van der Waals surface area contributed by atoms with Crippen molar-refractivity contribution < 1.29 is 5.11 Å². The van der Waals surface area contributed by atoms with Gasteiger partial charge in [-0.2, -0.15) is 0 Å². The zero-order valence-corrected chi connectivity index (χ0v) is 9.95. The van der Waals surface area contributed by atoms with Crippen molar-refractivity contribution in [2.75, 3.05) is 0 Å². The average molecular weight is 216 g/mol. The maximum absolute atomic E-state index is 10.0. The second kappa shape index (κ2) is 4.84. The molecule has 0 bridgehead atoms. The van der Waals surface area contributed by atoms with E-state index in [2.05, 4.69) is 31.7 Å². The Labute approximate surface area is 97.8 Å². The van der Waals surface area contributed by atoms with E-state index in [1.54, 1.807) is 0 Å². The summed E-state index contributed by atoms with van der Waals surface area (Å²) in [6.45, 7) is 5.91. The number of hydrogen-bond acceptors (Lipinski definition) is 1. The van der Waals surface area contributed by atoms with Gasteiger partial charge in [-0.25, -0.2) is 0 Å². The summed E-state index contributed by atoms with van der Waals surface area (Å²) < 4.78 is 0. The molecule has 1 nitrogen and oxygen atoms in total. The first-order valence-corrected chi connectivity index (χ1v) is 6.13. The van der Waals surface area contributed by atoms with E-state index in [0.717, 1.165) is 12.8 Å². The summed E-state index contributed by atoms with van der Waals surface area (Å²) in [6.07, 6.45) is 6.21. The van der Waals surface area contributed by atoms with Gasteiger partial charge in [0, 0.05) is 5.92 Å². The van der Waals surface area contributed by atoms with Gasteiger partial charge in [-0.15, -0.1) is 0 Å². The van der Waals surface area contributed by atoms with Crippen LogP contribution in [0, 0.1) is 6.92 Å². The molecule has 1 heteroatoms. The predicted molar refractivity (Wildman–Crippen MR) is 68.5 cm³/mol. The Morgan fingerprint density at radius 2 is 2.06 bits per heavy atom. The first-order valence-electron chi connectivity index (χ1n) is 6.13. The standard InChI is InChI=1S/C15H20O/c1-3-12-8-9-13(10-11(12)2)14-6-4-5-7-15(14)16/h3,8-10,14-16H,1,4-7H2,2H3. The predicted octanol–water partition coefficient (Wildman–Crippen LogP) is 3.66. The molecule has 0 amide bonds. The number of aryl methyl sites for hydroxylation is 1. The van der Waals surface area contributed by atoms with Crippen molar-refractivity contribution in [3.8, 4) is 0 Å². The minimum absolute atomic E-state index is 0.150. The van der Waals surface area contributed by atoms with Gasteiger partial charge >= 0.3 is 0 Å². The molecule has 0 aliphatic heterocycles. The molecule has 1 aliphatic carbocycles. The summed E-state index contributed by atoms with van der Waals surface area (Å²) in [5.74, 6) is 0.339. The molecule has 86 valence electrons. The van der Waals surface area contributed by atoms with Gasteiger partial charge in [-0.1, -0.05) is 43.7 Å². The van der Waals surface area contributed by atoms with Crippen molar-refractivity contribution in [2.45, 2.75) is 44.6 Å². The van der Waals surface area contributed by atoms with E-state index in [0.29, 0.717) is 5.92 Å². The Balaban J connectivity index is 2.26. The highest BCUT2D eigenvalue weighted by Crippen LogP contribution is 2.33. The van der Waals surface area contributed by atoms with E-state index in [1.807, 2.05) is 6.08 Å². The van der Waals surface area contributed by atoms with E-state index >= 15 is 0 Å². The van der Waals surface area contributed by atoms with Crippen molar-refractivity contribution in [3.05, 3.63) is 41.5 Å². The van der Waals surface area contributed by atoms with Crippen molar-refractivity contribution in [3.63, 3.8) is 0 Å². The monoisotopic (exact) mass is 216 g/mol. The van der Waals surface area contributed by atoms with Crippen LogP contribution in [-0.2, 0) is 0 Å². The molecule has 0 saturated heterocycles. The third-order valence-corrected chi connectivity index (χ3v) is 3.67. The normalized spacial score (nSPS) is 25.4. The lowest BCUT2D eigenvalue weighted by Gasteiger charge is -2.28. The lowest BCUT2D eigenvalue weighted by Crippen LogP contribution is -2.22. The lowest BCUT2D eigenvalue weighted by atomic mass is 9.81. The summed E-state index contributed by atoms with van der Waals surface area (Å²) in [5, 5.41) is 10.0. The molecule has 2 unspecified atom stereocenters. The first-order chi connectivity index (χ1) is 7.72. The zero-order valence-electron chi connectivity index (χ0n) is 9.95. The van der Waals surface area contributed by atoms with Crippen LogP contribution in [0.3, 0.4) is 0 Å². The number of aliphatic hydroxyl groups is 1. The SMILES string of the molecule is C=Cc1ccc(C2CCCCC2O)cc1C. The second-order valence-corrected chi connectivity index (χ2v) is 4.78. The highest BCUT2D eigenvalue weighted by Gasteiger charge is 2.24. The minimum Gasteiger partial charge on any atom is -0.392 e. The van der Waals surface area contributed by atoms with Crippen molar-refractivity contribution in [1.82, 2.24) is 0 Å². The Morgan fingerprint density at radius 3 is 2.69 bits per heavy atom. The van der Waals surface area contributed by atoms with Gasteiger partial charge in [0.25, 0.3) is 0 Å². The van der Waals surface area contributed by atoms with Gasteiger partial charge in [0.05, 0.1) is 6.10 Å². The third kappa shape index (κ3) is 2.19. The van der Waals surface area contributed by atoms with Crippen molar-refractivity contribution >= 4 is 6.08 Å². The van der Waals surface area contributed by atoms with Gasteiger partial charge in [0.15, 0.2) is 0 Å². The van der Waals surface area contributed by atoms with Crippen LogP contribution in [0.25, 0.3) is 6.08 Å². The topological polar surface area (TPSA) is 20.2 Å².